The molecule has 0 bridgehead atoms. The molecule has 2 rings (SSSR count). The molecule has 8 heteroatoms. The number of rotatable bonds is 5. The van der Waals surface area contributed by atoms with Crippen molar-refractivity contribution in [1.82, 2.24) is 9.71 Å². The number of amides is 1. The average Bonchev–Trinajstić information content (AvgIpc) is 2.88. The molecule has 1 aromatic heterocycles. The summed E-state index contributed by atoms with van der Waals surface area (Å²) in [5.41, 5.74) is 0.0122. The zero-order valence-corrected chi connectivity index (χ0v) is 13.0. The van der Waals surface area contributed by atoms with Crippen LogP contribution in [0.5, 0.6) is 0 Å². The van der Waals surface area contributed by atoms with Crippen LogP contribution in [0, 0.1) is 0 Å². The molecule has 1 saturated heterocycles. The Morgan fingerprint density at radius 3 is 2.86 bits per heavy atom. The van der Waals surface area contributed by atoms with Gasteiger partial charge < -0.3 is 9.15 Å². The quantitative estimate of drug-likeness (QED) is 0.882. The lowest BCUT2D eigenvalue weighted by atomic mass is 10.1. The van der Waals surface area contributed by atoms with Crippen LogP contribution in [0.15, 0.2) is 10.8 Å². The van der Waals surface area contributed by atoms with Crippen LogP contribution in [-0.2, 0) is 14.8 Å². The van der Waals surface area contributed by atoms with Crippen molar-refractivity contribution in [1.29, 1.82) is 0 Å². The normalized spacial score (nSPS) is 19.7. The van der Waals surface area contributed by atoms with Crippen LogP contribution < -0.4 is 4.72 Å². The molecular formula is C13H20N2O5S. The molecule has 1 aliphatic rings. The summed E-state index contributed by atoms with van der Waals surface area (Å²) in [6.45, 7) is 4.23. The van der Waals surface area contributed by atoms with E-state index in [2.05, 4.69) is 4.98 Å². The van der Waals surface area contributed by atoms with Crippen molar-refractivity contribution in [2.24, 2.45) is 0 Å². The standard InChI is InChI=1S/C13H20N2O5S/c1-9(2)12-11(14-8-20-12)13(16)15-21(17,18)7-10-5-3-4-6-19-10/h8-10H,3-7H2,1-2H3,(H,15,16)/t10-/m1/s1. The van der Waals surface area contributed by atoms with E-state index in [1.54, 1.807) is 0 Å². The van der Waals surface area contributed by atoms with Gasteiger partial charge in [-0.3, -0.25) is 4.79 Å². The van der Waals surface area contributed by atoms with Gasteiger partial charge in [-0.15, -0.1) is 0 Å². The lowest BCUT2D eigenvalue weighted by Gasteiger charge is -2.22. The van der Waals surface area contributed by atoms with Crippen LogP contribution in [0.2, 0.25) is 0 Å². The molecule has 0 aliphatic carbocycles. The zero-order valence-electron chi connectivity index (χ0n) is 12.2. The number of ether oxygens (including phenoxy) is 1. The van der Waals surface area contributed by atoms with Crippen LogP contribution >= 0.6 is 0 Å². The molecule has 2 heterocycles. The predicted octanol–water partition coefficient (Wildman–Crippen LogP) is 1.43. The number of oxazole rings is 1. The lowest BCUT2D eigenvalue weighted by molar-refractivity contribution is 0.0304. The van der Waals surface area contributed by atoms with Gasteiger partial charge in [0, 0.05) is 12.5 Å². The molecule has 0 spiro atoms. The molecule has 1 N–H and O–H groups in total. The van der Waals surface area contributed by atoms with Gasteiger partial charge in [0.2, 0.25) is 10.0 Å². The van der Waals surface area contributed by atoms with Gasteiger partial charge in [0.05, 0.1) is 11.9 Å². The summed E-state index contributed by atoms with van der Waals surface area (Å²) in [6, 6.07) is 0. The van der Waals surface area contributed by atoms with E-state index in [1.165, 1.54) is 0 Å². The molecule has 1 atom stereocenters. The second-order valence-electron chi connectivity index (χ2n) is 5.42. The smallest absolute Gasteiger partial charge is 0.286 e. The summed E-state index contributed by atoms with van der Waals surface area (Å²) in [6.07, 6.45) is 3.36. The fourth-order valence-electron chi connectivity index (χ4n) is 2.25. The third-order valence-electron chi connectivity index (χ3n) is 3.26. The maximum absolute atomic E-state index is 12.0. The molecule has 1 aromatic rings. The SMILES string of the molecule is CC(C)c1ocnc1C(=O)NS(=O)(=O)C[C@H]1CCCCO1. The Bertz CT molecular complexity index is 587. The van der Waals surface area contributed by atoms with Crippen molar-refractivity contribution >= 4 is 15.9 Å². The zero-order chi connectivity index (χ0) is 15.5. The molecule has 0 aromatic carbocycles. The van der Waals surface area contributed by atoms with Crippen LogP contribution in [0.3, 0.4) is 0 Å². The number of carbonyl (C=O) groups excluding carboxylic acids is 1. The summed E-state index contributed by atoms with van der Waals surface area (Å²) in [5.74, 6) is -0.661. The first-order valence-electron chi connectivity index (χ1n) is 6.99. The van der Waals surface area contributed by atoms with Crippen LogP contribution in [0.25, 0.3) is 0 Å². The fourth-order valence-corrected chi connectivity index (χ4v) is 3.46. The summed E-state index contributed by atoms with van der Waals surface area (Å²) in [4.78, 5) is 15.8. The third kappa shape index (κ3) is 4.28. The number of sulfonamides is 1. The molecule has 1 amide bonds. The molecule has 1 aliphatic heterocycles. The fraction of sp³-hybridized carbons (Fsp3) is 0.692. The van der Waals surface area contributed by atoms with Crippen LogP contribution in [0.1, 0.15) is 55.3 Å². The van der Waals surface area contributed by atoms with E-state index in [0.29, 0.717) is 18.8 Å². The molecule has 118 valence electrons. The van der Waals surface area contributed by atoms with Gasteiger partial charge in [0.15, 0.2) is 12.1 Å². The predicted molar refractivity (Wildman–Crippen MR) is 75.4 cm³/mol. The number of hydrogen-bond acceptors (Lipinski definition) is 6. The number of carbonyl (C=O) groups is 1. The average molecular weight is 316 g/mol. The van der Waals surface area contributed by atoms with Crippen molar-refractivity contribution in [3.63, 3.8) is 0 Å². The molecule has 21 heavy (non-hydrogen) atoms. The number of aromatic nitrogens is 1. The molecule has 0 unspecified atom stereocenters. The van der Waals surface area contributed by atoms with Gasteiger partial charge in [0.1, 0.15) is 5.76 Å². The van der Waals surface area contributed by atoms with E-state index in [-0.39, 0.29) is 23.5 Å². The van der Waals surface area contributed by atoms with Crippen LogP contribution in [-0.4, -0.2) is 37.8 Å². The largest absolute Gasteiger partial charge is 0.447 e. The van der Waals surface area contributed by atoms with Crippen molar-refractivity contribution in [2.45, 2.75) is 45.1 Å². The van der Waals surface area contributed by atoms with Crippen LogP contribution in [0.4, 0.5) is 0 Å². The van der Waals surface area contributed by atoms with Gasteiger partial charge >= 0.3 is 0 Å². The highest BCUT2D eigenvalue weighted by Crippen LogP contribution is 2.19. The highest BCUT2D eigenvalue weighted by atomic mass is 32.2. The monoisotopic (exact) mass is 316 g/mol. The second kappa shape index (κ2) is 6.57. The molecule has 7 nitrogen and oxygen atoms in total. The van der Waals surface area contributed by atoms with Crippen molar-refractivity contribution < 1.29 is 22.4 Å². The summed E-state index contributed by atoms with van der Waals surface area (Å²) in [5, 5.41) is 0. The second-order valence-corrected chi connectivity index (χ2v) is 7.19. The Hall–Kier alpha value is -1.41. The number of hydrogen-bond donors (Lipinski definition) is 1. The van der Waals surface area contributed by atoms with E-state index in [0.717, 1.165) is 19.2 Å². The van der Waals surface area contributed by atoms with E-state index in [1.807, 2.05) is 18.6 Å². The first kappa shape index (κ1) is 16.0. The first-order chi connectivity index (χ1) is 9.89. The topological polar surface area (TPSA) is 98.5 Å². The molecular weight excluding hydrogens is 296 g/mol. The first-order valence-corrected chi connectivity index (χ1v) is 8.64. The van der Waals surface area contributed by atoms with Crippen molar-refractivity contribution in [3.8, 4) is 0 Å². The minimum atomic E-state index is -3.76. The highest BCUT2D eigenvalue weighted by Gasteiger charge is 2.27. The van der Waals surface area contributed by atoms with E-state index in [9.17, 15) is 13.2 Å². The maximum Gasteiger partial charge on any atom is 0.286 e. The summed E-state index contributed by atoms with van der Waals surface area (Å²) in [7, 11) is -3.76. The van der Waals surface area contributed by atoms with Crippen molar-refractivity contribution in [3.05, 3.63) is 17.8 Å². The minimum Gasteiger partial charge on any atom is -0.447 e. The van der Waals surface area contributed by atoms with Gasteiger partial charge in [-0.2, -0.15) is 0 Å². The van der Waals surface area contributed by atoms with E-state index in [4.69, 9.17) is 9.15 Å². The molecule has 0 radical (unpaired) electrons. The Balaban J connectivity index is 2.02. The Kier molecular flexibility index (Phi) is 5.00. The molecule has 0 saturated carbocycles. The molecule has 1 fully saturated rings. The van der Waals surface area contributed by atoms with E-state index >= 15 is 0 Å². The summed E-state index contributed by atoms with van der Waals surface area (Å²) >= 11 is 0. The van der Waals surface area contributed by atoms with E-state index < -0.39 is 15.9 Å². The third-order valence-corrected chi connectivity index (χ3v) is 4.57. The Labute approximate surface area is 124 Å². The lowest BCUT2D eigenvalue weighted by Crippen LogP contribution is -2.38. The maximum atomic E-state index is 12.0. The van der Waals surface area contributed by atoms with Crippen molar-refractivity contribution in [2.75, 3.05) is 12.4 Å². The number of nitrogens with one attached hydrogen (secondary N) is 1. The van der Waals surface area contributed by atoms with Gasteiger partial charge in [-0.05, 0) is 19.3 Å². The summed E-state index contributed by atoms with van der Waals surface area (Å²) < 4.78 is 36.6. The Morgan fingerprint density at radius 2 is 2.24 bits per heavy atom. The van der Waals surface area contributed by atoms with Gasteiger partial charge in [-0.1, -0.05) is 13.8 Å². The van der Waals surface area contributed by atoms with Gasteiger partial charge in [-0.25, -0.2) is 18.1 Å². The minimum absolute atomic E-state index is 0.0122. The Morgan fingerprint density at radius 1 is 1.48 bits per heavy atom. The van der Waals surface area contributed by atoms with Gasteiger partial charge in [0.25, 0.3) is 5.91 Å². The highest BCUT2D eigenvalue weighted by molar-refractivity contribution is 7.90. The number of nitrogens with zero attached hydrogens (tertiary/aromatic N) is 1.